The number of pyridine rings is 1. The monoisotopic (exact) mass is 338 g/mol. The lowest BCUT2D eigenvalue weighted by Crippen LogP contribution is -2.09. The van der Waals surface area contributed by atoms with Crippen molar-refractivity contribution < 1.29 is 9.53 Å². The van der Waals surface area contributed by atoms with Gasteiger partial charge in [-0.3, -0.25) is 9.78 Å². The van der Waals surface area contributed by atoms with Crippen molar-refractivity contribution in [3.05, 3.63) is 71.5 Å². The van der Waals surface area contributed by atoms with Crippen molar-refractivity contribution >= 4 is 17.3 Å². The van der Waals surface area contributed by atoms with Crippen LogP contribution in [0.25, 0.3) is 10.6 Å². The van der Waals surface area contributed by atoms with Gasteiger partial charge in [-0.2, -0.15) is 0 Å². The zero-order chi connectivity index (χ0) is 16.6. The topological polar surface area (TPSA) is 52.1 Å². The Morgan fingerprint density at radius 1 is 1.12 bits per heavy atom. The number of rotatable bonds is 7. The van der Waals surface area contributed by atoms with E-state index in [1.54, 1.807) is 17.5 Å². The highest BCUT2D eigenvalue weighted by Crippen LogP contribution is 2.23. The van der Waals surface area contributed by atoms with Crippen LogP contribution in [0.1, 0.15) is 17.7 Å². The first-order valence-electron chi connectivity index (χ1n) is 7.85. The van der Waals surface area contributed by atoms with E-state index < -0.39 is 0 Å². The number of carbonyl (C=O) groups excluding carboxylic acids is 1. The molecule has 1 aromatic carbocycles. The van der Waals surface area contributed by atoms with E-state index in [-0.39, 0.29) is 12.4 Å². The molecule has 0 fully saturated rings. The minimum absolute atomic E-state index is 0.218. The van der Waals surface area contributed by atoms with Gasteiger partial charge in [-0.05, 0) is 24.5 Å². The lowest BCUT2D eigenvalue weighted by Gasteiger charge is -2.04. The molecule has 0 saturated carbocycles. The zero-order valence-corrected chi connectivity index (χ0v) is 14.0. The van der Waals surface area contributed by atoms with Crippen LogP contribution < -0.4 is 0 Å². The third kappa shape index (κ3) is 4.73. The molecule has 0 radical (unpaired) electrons. The molecule has 5 heteroatoms. The molecule has 0 spiro atoms. The summed E-state index contributed by atoms with van der Waals surface area (Å²) in [6, 6.07) is 13.9. The molecular formula is C19H18N2O2S. The smallest absolute Gasteiger partial charge is 0.311 e. The van der Waals surface area contributed by atoms with E-state index in [0.29, 0.717) is 6.61 Å². The van der Waals surface area contributed by atoms with Gasteiger partial charge in [0.2, 0.25) is 0 Å². The number of aromatic nitrogens is 2. The van der Waals surface area contributed by atoms with Crippen molar-refractivity contribution in [1.82, 2.24) is 9.97 Å². The molecule has 3 rings (SSSR count). The summed E-state index contributed by atoms with van der Waals surface area (Å²) in [5.41, 5.74) is 2.98. The predicted octanol–water partition coefficient (Wildman–Crippen LogP) is 3.92. The van der Waals surface area contributed by atoms with Gasteiger partial charge >= 0.3 is 5.97 Å². The van der Waals surface area contributed by atoms with Crippen LogP contribution in [0.4, 0.5) is 0 Å². The summed E-state index contributed by atoms with van der Waals surface area (Å²) in [5, 5.41) is 2.84. The van der Waals surface area contributed by atoms with Gasteiger partial charge in [0.25, 0.3) is 0 Å². The Kier molecular flexibility index (Phi) is 5.69. The third-order valence-electron chi connectivity index (χ3n) is 3.49. The first-order chi connectivity index (χ1) is 11.8. The van der Waals surface area contributed by atoms with Crippen molar-refractivity contribution in [2.45, 2.75) is 19.3 Å². The van der Waals surface area contributed by atoms with E-state index in [4.69, 9.17) is 4.74 Å². The molecule has 0 N–H and O–H groups in total. The van der Waals surface area contributed by atoms with E-state index in [9.17, 15) is 4.79 Å². The number of carbonyl (C=O) groups is 1. The summed E-state index contributed by atoms with van der Waals surface area (Å²) in [6.45, 7) is 0.420. The molecule has 0 unspecified atom stereocenters. The van der Waals surface area contributed by atoms with Crippen LogP contribution in [-0.2, 0) is 22.4 Å². The van der Waals surface area contributed by atoms with Crippen LogP contribution in [0.3, 0.4) is 0 Å². The summed E-state index contributed by atoms with van der Waals surface area (Å²) in [7, 11) is 0. The molecule has 24 heavy (non-hydrogen) atoms. The number of ether oxygens (including phenoxy) is 1. The first kappa shape index (κ1) is 16.3. The van der Waals surface area contributed by atoms with Gasteiger partial charge < -0.3 is 4.74 Å². The predicted molar refractivity (Wildman–Crippen MR) is 94.8 cm³/mol. The Morgan fingerprint density at radius 3 is 2.79 bits per heavy atom. The van der Waals surface area contributed by atoms with E-state index in [1.165, 1.54) is 0 Å². The van der Waals surface area contributed by atoms with Crippen molar-refractivity contribution in [3.63, 3.8) is 0 Å². The number of esters is 1. The minimum atomic E-state index is -0.230. The van der Waals surface area contributed by atoms with E-state index in [2.05, 4.69) is 9.97 Å². The van der Waals surface area contributed by atoms with Gasteiger partial charge in [-0.25, -0.2) is 4.98 Å². The maximum atomic E-state index is 11.9. The van der Waals surface area contributed by atoms with Crippen molar-refractivity contribution in [1.29, 1.82) is 0 Å². The molecular weight excluding hydrogens is 320 g/mol. The van der Waals surface area contributed by atoms with Crippen LogP contribution in [0, 0.1) is 0 Å². The number of aryl methyl sites for hydroxylation is 1. The molecule has 0 bridgehead atoms. The van der Waals surface area contributed by atoms with Crippen LogP contribution in [0.5, 0.6) is 0 Å². The summed E-state index contributed by atoms with van der Waals surface area (Å²) >= 11 is 1.54. The lowest BCUT2D eigenvalue weighted by atomic mass is 10.2. The summed E-state index contributed by atoms with van der Waals surface area (Å²) in [5.74, 6) is -0.230. The number of hydrogen-bond acceptors (Lipinski definition) is 5. The second-order valence-corrected chi connectivity index (χ2v) is 6.23. The Morgan fingerprint density at radius 2 is 2.00 bits per heavy atom. The molecule has 0 aliphatic rings. The number of benzene rings is 1. The molecule has 122 valence electrons. The number of hydrogen-bond donors (Lipinski definition) is 0. The molecule has 2 heterocycles. The fourth-order valence-electron chi connectivity index (χ4n) is 2.31. The Hall–Kier alpha value is -2.53. The van der Waals surface area contributed by atoms with Gasteiger partial charge in [0.05, 0.1) is 18.7 Å². The van der Waals surface area contributed by atoms with Crippen molar-refractivity contribution in [2.24, 2.45) is 0 Å². The Labute approximate surface area is 145 Å². The number of nitrogens with zero attached hydrogens (tertiary/aromatic N) is 2. The Balaban J connectivity index is 1.43. The number of thiazole rings is 1. The second kappa shape index (κ2) is 8.36. The van der Waals surface area contributed by atoms with Crippen LogP contribution >= 0.6 is 11.3 Å². The lowest BCUT2D eigenvalue weighted by molar-refractivity contribution is -0.142. The summed E-state index contributed by atoms with van der Waals surface area (Å²) < 4.78 is 5.29. The average molecular weight is 338 g/mol. The van der Waals surface area contributed by atoms with Crippen molar-refractivity contribution in [2.75, 3.05) is 6.61 Å². The van der Waals surface area contributed by atoms with Gasteiger partial charge in [-0.15, -0.1) is 11.3 Å². The molecule has 0 aliphatic carbocycles. The average Bonchev–Trinajstić information content (AvgIpc) is 3.09. The molecule has 4 nitrogen and oxygen atoms in total. The van der Waals surface area contributed by atoms with Crippen molar-refractivity contribution in [3.8, 4) is 10.6 Å². The molecule has 3 aromatic rings. The van der Waals surface area contributed by atoms with E-state index >= 15 is 0 Å². The van der Waals surface area contributed by atoms with Crippen LogP contribution in [-0.4, -0.2) is 22.5 Å². The molecule has 0 aliphatic heterocycles. The quantitative estimate of drug-likeness (QED) is 0.484. The SMILES string of the molecule is O=C(Cc1csc(-c2ccccc2)n1)OCCCc1cccnc1. The molecule has 2 aromatic heterocycles. The van der Waals surface area contributed by atoms with E-state index in [1.807, 2.05) is 54.0 Å². The molecule has 0 amide bonds. The highest BCUT2D eigenvalue weighted by molar-refractivity contribution is 7.13. The minimum Gasteiger partial charge on any atom is -0.465 e. The molecule has 0 saturated heterocycles. The zero-order valence-electron chi connectivity index (χ0n) is 13.2. The highest BCUT2D eigenvalue weighted by atomic mass is 32.1. The second-order valence-electron chi connectivity index (χ2n) is 5.37. The summed E-state index contributed by atoms with van der Waals surface area (Å²) in [6.07, 6.45) is 5.46. The standard InChI is InChI=1S/C19H18N2O2S/c22-18(23-11-5-7-15-6-4-10-20-13-15)12-17-14-24-19(21-17)16-8-2-1-3-9-16/h1-4,6,8-10,13-14H,5,7,11-12H2. The highest BCUT2D eigenvalue weighted by Gasteiger charge is 2.10. The van der Waals surface area contributed by atoms with Gasteiger partial charge in [-0.1, -0.05) is 36.4 Å². The summed E-state index contributed by atoms with van der Waals surface area (Å²) in [4.78, 5) is 20.5. The van der Waals surface area contributed by atoms with Gasteiger partial charge in [0.15, 0.2) is 0 Å². The normalized spacial score (nSPS) is 10.5. The maximum absolute atomic E-state index is 11.9. The van der Waals surface area contributed by atoms with Gasteiger partial charge in [0, 0.05) is 23.3 Å². The Bertz CT molecular complexity index is 772. The molecule has 0 atom stereocenters. The van der Waals surface area contributed by atoms with Gasteiger partial charge in [0.1, 0.15) is 5.01 Å². The van der Waals surface area contributed by atoms with E-state index in [0.717, 1.165) is 34.7 Å². The maximum Gasteiger partial charge on any atom is 0.311 e. The fraction of sp³-hybridized carbons (Fsp3) is 0.211. The first-order valence-corrected chi connectivity index (χ1v) is 8.73. The largest absolute Gasteiger partial charge is 0.465 e. The third-order valence-corrected chi connectivity index (χ3v) is 4.43. The fourth-order valence-corrected chi connectivity index (χ4v) is 3.13. The van der Waals surface area contributed by atoms with Crippen LogP contribution in [0.15, 0.2) is 60.2 Å². The van der Waals surface area contributed by atoms with Crippen LogP contribution in [0.2, 0.25) is 0 Å².